The topological polar surface area (TPSA) is 50.8 Å². The number of nitrogens with zero attached hydrogens (tertiary/aromatic N) is 1. The van der Waals surface area contributed by atoms with Crippen LogP contribution in [-0.2, 0) is 22.6 Å². The van der Waals surface area contributed by atoms with Crippen molar-refractivity contribution in [2.75, 3.05) is 20.3 Å². The van der Waals surface area contributed by atoms with Crippen molar-refractivity contribution in [3.63, 3.8) is 0 Å². The van der Waals surface area contributed by atoms with Crippen molar-refractivity contribution >= 4 is 17.6 Å². The molecule has 31 heavy (non-hydrogen) atoms. The number of ether oxygens (including phenoxy) is 2. The summed E-state index contributed by atoms with van der Waals surface area (Å²) < 4.78 is 10.8. The minimum atomic E-state index is -0.258. The van der Waals surface area contributed by atoms with Gasteiger partial charge in [-0.05, 0) is 42.2 Å². The summed E-state index contributed by atoms with van der Waals surface area (Å²) in [5, 5.41) is 4.33. The highest BCUT2D eigenvalue weighted by Gasteiger charge is 2.37. The monoisotopic (exact) mass is 444 g/mol. The lowest BCUT2D eigenvalue weighted by atomic mass is 10.1. The fraction of sp³-hybridized carbons (Fsp3) is 0.480. The summed E-state index contributed by atoms with van der Waals surface area (Å²) >= 11 is 6.38. The Bertz CT molecular complexity index is 828. The van der Waals surface area contributed by atoms with E-state index in [1.807, 2.05) is 36.4 Å². The van der Waals surface area contributed by atoms with Crippen LogP contribution >= 0.6 is 11.6 Å². The first-order valence-corrected chi connectivity index (χ1v) is 11.5. The largest absolute Gasteiger partial charge is 0.497 e. The highest BCUT2D eigenvalue weighted by molar-refractivity contribution is 6.31. The van der Waals surface area contributed by atoms with E-state index in [9.17, 15) is 4.79 Å². The molecule has 5 nitrogen and oxygen atoms in total. The molecule has 0 spiro atoms. The van der Waals surface area contributed by atoms with Gasteiger partial charge in [0.25, 0.3) is 0 Å². The Hall–Kier alpha value is -2.08. The molecule has 0 saturated carbocycles. The minimum absolute atomic E-state index is 0.128. The Kier molecular flexibility index (Phi) is 9.19. The molecule has 1 aliphatic rings. The zero-order valence-electron chi connectivity index (χ0n) is 18.5. The molecule has 0 unspecified atom stereocenters. The van der Waals surface area contributed by atoms with E-state index in [-0.39, 0.29) is 18.1 Å². The summed E-state index contributed by atoms with van der Waals surface area (Å²) in [5.74, 6) is 0.721. The number of carbonyl (C=O) groups excluding carboxylic acids is 1. The summed E-state index contributed by atoms with van der Waals surface area (Å²) in [6, 6.07) is 15.8. The van der Waals surface area contributed by atoms with Gasteiger partial charge in [0, 0.05) is 30.7 Å². The second-order valence-electron chi connectivity index (χ2n) is 8.07. The van der Waals surface area contributed by atoms with Crippen LogP contribution in [0.1, 0.15) is 43.7 Å². The molecule has 2 aromatic carbocycles. The SMILES string of the molecule is CCCCCOC(=O)[C@@H]1C[C@H](NCc2ccc(OC)cc2)CN1Cc1ccccc1Cl. The highest BCUT2D eigenvalue weighted by Crippen LogP contribution is 2.25. The first-order valence-electron chi connectivity index (χ1n) is 11.1. The van der Waals surface area contributed by atoms with Crippen LogP contribution < -0.4 is 10.1 Å². The van der Waals surface area contributed by atoms with Crippen LogP contribution in [0.15, 0.2) is 48.5 Å². The Morgan fingerprint density at radius 2 is 1.94 bits per heavy atom. The average Bonchev–Trinajstić information content (AvgIpc) is 3.20. The van der Waals surface area contributed by atoms with Gasteiger partial charge in [0.2, 0.25) is 0 Å². The number of benzene rings is 2. The number of hydrogen-bond acceptors (Lipinski definition) is 5. The normalized spacial score (nSPS) is 18.8. The summed E-state index contributed by atoms with van der Waals surface area (Å²) in [7, 11) is 1.67. The molecule has 0 radical (unpaired) electrons. The number of rotatable bonds is 11. The van der Waals surface area contributed by atoms with Crippen molar-refractivity contribution in [3.05, 3.63) is 64.7 Å². The number of unbranched alkanes of at least 4 members (excludes halogenated alkanes) is 2. The molecular formula is C25H33ClN2O3. The molecular weight excluding hydrogens is 412 g/mol. The fourth-order valence-corrected chi connectivity index (χ4v) is 4.14. The van der Waals surface area contributed by atoms with E-state index in [0.29, 0.717) is 13.2 Å². The molecule has 0 aromatic heterocycles. The Morgan fingerprint density at radius 3 is 2.65 bits per heavy atom. The van der Waals surface area contributed by atoms with E-state index in [4.69, 9.17) is 21.1 Å². The lowest BCUT2D eigenvalue weighted by Crippen LogP contribution is -2.37. The van der Waals surface area contributed by atoms with E-state index >= 15 is 0 Å². The zero-order chi connectivity index (χ0) is 22.1. The quantitative estimate of drug-likeness (QED) is 0.398. The maximum Gasteiger partial charge on any atom is 0.323 e. The van der Waals surface area contributed by atoms with Crippen LogP contribution in [0.25, 0.3) is 0 Å². The van der Waals surface area contributed by atoms with E-state index in [0.717, 1.165) is 55.1 Å². The second kappa shape index (κ2) is 12.1. The molecule has 0 aliphatic carbocycles. The first kappa shape index (κ1) is 23.6. The lowest BCUT2D eigenvalue weighted by Gasteiger charge is -2.23. The van der Waals surface area contributed by atoms with Crippen molar-refractivity contribution in [1.29, 1.82) is 0 Å². The van der Waals surface area contributed by atoms with Crippen molar-refractivity contribution in [1.82, 2.24) is 10.2 Å². The van der Waals surface area contributed by atoms with Crippen LogP contribution in [0.2, 0.25) is 5.02 Å². The number of nitrogens with one attached hydrogen (secondary N) is 1. The standard InChI is InChI=1S/C25H33ClN2O3/c1-3-4-7-14-31-25(29)24-15-21(27-16-19-10-12-22(30-2)13-11-19)18-28(24)17-20-8-5-6-9-23(20)26/h5-6,8-13,21,24,27H,3-4,7,14-18H2,1-2H3/t21-,24-/m0/s1. The third kappa shape index (κ3) is 6.96. The highest BCUT2D eigenvalue weighted by atomic mass is 35.5. The summed E-state index contributed by atoms with van der Waals surface area (Å²) in [6.07, 6.45) is 3.83. The molecule has 168 valence electrons. The molecule has 0 bridgehead atoms. The predicted molar refractivity (Wildman–Crippen MR) is 124 cm³/mol. The van der Waals surface area contributed by atoms with Gasteiger partial charge in [-0.1, -0.05) is 61.7 Å². The summed E-state index contributed by atoms with van der Waals surface area (Å²) in [6.45, 7) is 4.79. The minimum Gasteiger partial charge on any atom is -0.497 e. The van der Waals surface area contributed by atoms with Gasteiger partial charge in [-0.25, -0.2) is 0 Å². The number of halogens is 1. The van der Waals surface area contributed by atoms with Gasteiger partial charge in [-0.2, -0.15) is 0 Å². The van der Waals surface area contributed by atoms with Crippen LogP contribution in [0.5, 0.6) is 5.75 Å². The van der Waals surface area contributed by atoms with Gasteiger partial charge >= 0.3 is 5.97 Å². The number of hydrogen-bond donors (Lipinski definition) is 1. The van der Waals surface area contributed by atoms with E-state index < -0.39 is 0 Å². The number of carbonyl (C=O) groups is 1. The average molecular weight is 445 g/mol. The lowest BCUT2D eigenvalue weighted by molar-refractivity contribution is -0.149. The Labute approximate surface area is 190 Å². The molecule has 2 atom stereocenters. The number of methoxy groups -OCH3 is 1. The van der Waals surface area contributed by atoms with E-state index in [2.05, 4.69) is 29.3 Å². The summed E-state index contributed by atoms with van der Waals surface area (Å²) in [4.78, 5) is 15.0. The van der Waals surface area contributed by atoms with Gasteiger partial charge < -0.3 is 14.8 Å². The molecule has 1 heterocycles. The molecule has 0 amide bonds. The maximum atomic E-state index is 12.8. The van der Waals surface area contributed by atoms with Gasteiger partial charge in [-0.3, -0.25) is 9.69 Å². The first-order chi connectivity index (χ1) is 15.1. The van der Waals surface area contributed by atoms with Crippen molar-refractivity contribution < 1.29 is 14.3 Å². The Morgan fingerprint density at radius 1 is 1.16 bits per heavy atom. The van der Waals surface area contributed by atoms with E-state index in [1.165, 1.54) is 5.56 Å². The van der Waals surface area contributed by atoms with Gasteiger partial charge in [0.15, 0.2) is 0 Å². The molecule has 1 N–H and O–H groups in total. The number of esters is 1. The smallest absolute Gasteiger partial charge is 0.323 e. The molecule has 6 heteroatoms. The zero-order valence-corrected chi connectivity index (χ0v) is 19.2. The van der Waals surface area contributed by atoms with Crippen LogP contribution in [-0.4, -0.2) is 43.2 Å². The molecule has 2 aromatic rings. The van der Waals surface area contributed by atoms with Crippen molar-refractivity contribution in [3.8, 4) is 5.75 Å². The van der Waals surface area contributed by atoms with Crippen molar-refractivity contribution in [2.24, 2.45) is 0 Å². The van der Waals surface area contributed by atoms with E-state index in [1.54, 1.807) is 7.11 Å². The van der Waals surface area contributed by atoms with Gasteiger partial charge in [-0.15, -0.1) is 0 Å². The van der Waals surface area contributed by atoms with Crippen molar-refractivity contribution in [2.45, 2.75) is 57.8 Å². The van der Waals surface area contributed by atoms with Gasteiger partial charge in [0.05, 0.1) is 13.7 Å². The maximum absolute atomic E-state index is 12.8. The van der Waals surface area contributed by atoms with Gasteiger partial charge in [0.1, 0.15) is 11.8 Å². The molecule has 1 fully saturated rings. The van der Waals surface area contributed by atoms with Crippen LogP contribution in [0.3, 0.4) is 0 Å². The summed E-state index contributed by atoms with van der Waals surface area (Å²) in [5.41, 5.74) is 2.22. The predicted octanol–water partition coefficient (Wildman–Crippen LogP) is 4.81. The third-order valence-electron chi connectivity index (χ3n) is 5.75. The van der Waals surface area contributed by atoms with Crippen LogP contribution in [0, 0.1) is 0 Å². The number of likely N-dealkylation sites (tertiary alicyclic amines) is 1. The third-order valence-corrected chi connectivity index (χ3v) is 6.12. The Balaban J connectivity index is 1.62. The fourth-order valence-electron chi connectivity index (χ4n) is 3.94. The molecule has 1 saturated heterocycles. The van der Waals surface area contributed by atoms with Crippen LogP contribution in [0.4, 0.5) is 0 Å². The second-order valence-corrected chi connectivity index (χ2v) is 8.48. The molecule has 1 aliphatic heterocycles. The molecule has 3 rings (SSSR count).